The molecule has 2 fully saturated rings. The maximum absolute atomic E-state index is 12.8. The average molecular weight is 348 g/mol. The predicted octanol–water partition coefficient (Wildman–Crippen LogP) is 3.39. The number of aliphatic hydroxyl groups is 1. The first kappa shape index (κ1) is 17.8. The van der Waals surface area contributed by atoms with Crippen molar-refractivity contribution in [2.24, 2.45) is 0 Å². The highest BCUT2D eigenvalue weighted by Gasteiger charge is 2.51. The van der Waals surface area contributed by atoms with E-state index >= 15 is 0 Å². The highest BCUT2D eigenvalue weighted by molar-refractivity contribution is 7.99. The fourth-order valence-corrected chi connectivity index (χ4v) is 4.66. The van der Waals surface area contributed by atoms with E-state index in [1.807, 2.05) is 11.8 Å². The van der Waals surface area contributed by atoms with Crippen LogP contribution < -0.4 is 5.32 Å². The first-order valence-electron chi connectivity index (χ1n) is 8.95. The molecule has 1 aromatic carbocycles. The molecule has 1 saturated heterocycles. The van der Waals surface area contributed by atoms with Crippen LogP contribution in [0.4, 0.5) is 0 Å². The van der Waals surface area contributed by atoms with Crippen LogP contribution in [-0.2, 0) is 15.6 Å². The first-order valence-corrected chi connectivity index (χ1v) is 10.1. The Morgan fingerprint density at radius 3 is 2.21 bits per heavy atom. The summed E-state index contributed by atoms with van der Waals surface area (Å²) in [5, 5.41) is 13.6. The Balaban J connectivity index is 1.66. The van der Waals surface area contributed by atoms with Crippen molar-refractivity contribution in [1.29, 1.82) is 0 Å². The predicted molar refractivity (Wildman–Crippen MR) is 101 cm³/mol. The molecule has 3 rings (SSSR count). The molecule has 1 aliphatic heterocycles. The van der Waals surface area contributed by atoms with Crippen LogP contribution in [0.5, 0.6) is 0 Å². The largest absolute Gasteiger partial charge is 0.388 e. The van der Waals surface area contributed by atoms with E-state index in [0.29, 0.717) is 6.54 Å². The Labute approximate surface area is 149 Å². The Morgan fingerprint density at radius 2 is 1.71 bits per heavy atom. The standard InChI is InChI=1S/C20H29NO2S/c1-18(2,3)15-4-6-16(7-5-15)20(8-9-20)17(22)21-14-19(23)10-12-24-13-11-19/h4-7,23H,8-14H2,1-3H3,(H,21,22). The molecule has 1 aliphatic carbocycles. The molecule has 1 saturated carbocycles. The van der Waals surface area contributed by atoms with Crippen LogP contribution >= 0.6 is 11.8 Å². The van der Waals surface area contributed by atoms with Crippen LogP contribution in [-0.4, -0.2) is 34.7 Å². The summed E-state index contributed by atoms with van der Waals surface area (Å²) < 4.78 is 0. The molecule has 2 aliphatic rings. The Kier molecular flexibility index (Phi) is 4.73. The Morgan fingerprint density at radius 1 is 1.12 bits per heavy atom. The second-order valence-corrected chi connectivity index (χ2v) is 9.65. The summed E-state index contributed by atoms with van der Waals surface area (Å²) in [5.74, 6) is 2.04. The normalized spacial score (nSPS) is 22.0. The minimum absolute atomic E-state index is 0.0812. The first-order chi connectivity index (χ1) is 11.3. The van der Waals surface area contributed by atoms with Gasteiger partial charge < -0.3 is 10.4 Å². The quantitative estimate of drug-likeness (QED) is 0.878. The highest BCUT2D eigenvalue weighted by Crippen LogP contribution is 2.48. The Bertz CT molecular complexity index is 593. The molecular formula is C20H29NO2S. The van der Waals surface area contributed by atoms with Crippen molar-refractivity contribution in [2.75, 3.05) is 18.1 Å². The van der Waals surface area contributed by atoms with Gasteiger partial charge in [-0.2, -0.15) is 11.8 Å². The van der Waals surface area contributed by atoms with Crippen LogP contribution in [0.1, 0.15) is 57.6 Å². The molecule has 0 spiro atoms. The van der Waals surface area contributed by atoms with Gasteiger partial charge in [0.2, 0.25) is 5.91 Å². The van der Waals surface area contributed by atoms with Gasteiger partial charge in [-0.25, -0.2) is 0 Å². The summed E-state index contributed by atoms with van der Waals surface area (Å²) in [5.41, 5.74) is 1.44. The number of amides is 1. The topological polar surface area (TPSA) is 49.3 Å². The minimum atomic E-state index is -0.715. The number of hydrogen-bond donors (Lipinski definition) is 2. The molecule has 0 radical (unpaired) electrons. The lowest BCUT2D eigenvalue weighted by molar-refractivity contribution is -0.125. The lowest BCUT2D eigenvalue weighted by atomic mass is 9.84. The van der Waals surface area contributed by atoms with Crippen LogP contribution in [0.2, 0.25) is 0 Å². The summed E-state index contributed by atoms with van der Waals surface area (Å²) in [7, 11) is 0. The number of rotatable bonds is 4. The molecule has 2 N–H and O–H groups in total. The molecule has 3 nitrogen and oxygen atoms in total. The van der Waals surface area contributed by atoms with E-state index in [-0.39, 0.29) is 16.7 Å². The summed E-state index contributed by atoms with van der Waals surface area (Å²) in [4.78, 5) is 12.8. The maximum atomic E-state index is 12.8. The van der Waals surface area contributed by atoms with Crippen LogP contribution in [0.15, 0.2) is 24.3 Å². The molecule has 0 unspecified atom stereocenters. The van der Waals surface area contributed by atoms with E-state index in [1.54, 1.807) is 0 Å². The zero-order valence-electron chi connectivity index (χ0n) is 15.0. The van der Waals surface area contributed by atoms with Gasteiger partial charge in [0.15, 0.2) is 0 Å². The van der Waals surface area contributed by atoms with Crippen molar-refractivity contribution >= 4 is 17.7 Å². The number of carbonyl (C=O) groups is 1. The Hall–Kier alpha value is -1.00. The number of nitrogens with one attached hydrogen (secondary N) is 1. The lowest BCUT2D eigenvalue weighted by Crippen LogP contribution is -2.47. The molecule has 132 valence electrons. The average Bonchev–Trinajstić information content (AvgIpc) is 3.35. The van der Waals surface area contributed by atoms with Crippen molar-refractivity contribution < 1.29 is 9.90 Å². The van der Waals surface area contributed by atoms with E-state index in [0.717, 1.165) is 42.8 Å². The van der Waals surface area contributed by atoms with Gasteiger partial charge >= 0.3 is 0 Å². The monoisotopic (exact) mass is 347 g/mol. The molecule has 0 bridgehead atoms. The summed E-state index contributed by atoms with van der Waals surface area (Å²) in [6.07, 6.45) is 3.35. The van der Waals surface area contributed by atoms with E-state index in [4.69, 9.17) is 0 Å². The maximum Gasteiger partial charge on any atom is 0.230 e. The van der Waals surface area contributed by atoms with Gasteiger partial charge in [-0.1, -0.05) is 45.0 Å². The lowest BCUT2D eigenvalue weighted by Gasteiger charge is -2.32. The van der Waals surface area contributed by atoms with Gasteiger partial charge in [-0.3, -0.25) is 4.79 Å². The van der Waals surface area contributed by atoms with Crippen molar-refractivity contribution in [3.05, 3.63) is 35.4 Å². The van der Waals surface area contributed by atoms with Gasteiger partial charge in [0.05, 0.1) is 11.0 Å². The smallest absolute Gasteiger partial charge is 0.230 e. The third-order valence-electron chi connectivity index (χ3n) is 5.49. The van der Waals surface area contributed by atoms with E-state index < -0.39 is 5.60 Å². The summed E-state index contributed by atoms with van der Waals surface area (Å²) in [6, 6.07) is 8.52. The molecule has 1 heterocycles. The molecule has 1 aromatic rings. The van der Waals surface area contributed by atoms with Gasteiger partial charge in [-0.15, -0.1) is 0 Å². The molecule has 0 atom stereocenters. The van der Waals surface area contributed by atoms with Crippen molar-refractivity contribution in [3.63, 3.8) is 0 Å². The number of hydrogen-bond acceptors (Lipinski definition) is 3. The third kappa shape index (κ3) is 3.65. The minimum Gasteiger partial charge on any atom is -0.388 e. The fraction of sp³-hybridized carbons (Fsp3) is 0.650. The van der Waals surface area contributed by atoms with Gasteiger partial charge in [0.25, 0.3) is 0 Å². The molecular weight excluding hydrogens is 318 g/mol. The zero-order chi connectivity index (χ0) is 17.4. The van der Waals surface area contributed by atoms with E-state index in [1.165, 1.54) is 5.56 Å². The summed E-state index contributed by atoms with van der Waals surface area (Å²) in [6.45, 7) is 6.98. The van der Waals surface area contributed by atoms with Crippen molar-refractivity contribution in [3.8, 4) is 0 Å². The zero-order valence-corrected chi connectivity index (χ0v) is 15.8. The SMILES string of the molecule is CC(C)(C)c1ccc(C2(C(=O)NCC3(O)CCSCC3)CC2)cc1. The van der Waals surface area contributed by atoms with Crippen LogP contribution in [0.25, 0.3) is 0 Å². The number of benzene rings is 1. The van der Waals surface area contributed by atoms with E-state index in [2.05, 4.69) is 50.4 Å². The van der Waals surface area contributed by atoms with Crippen molar-refractivity contribution in [1.82, 2.24) is 5.32 Å². The fourth-order valence-electron chi connectivity index (χ4n) is 3.40. The van der Waals surface area contributed by atoms with Gasteiger partial charge in [0.1, 0.15) is 0 Å². The van der Waals surface area contributed by atoms with Gasteiger partial charge in [0, 0.05) is 6.54 Å². The van der Waals surface area contributed by atoms with E-state index in [9.17, 15) is 9.90 Å². The number of carbonyl (C=O) groups excluding carboxylic acids is 1. The van der Waals surface area contributed by atoms with Gasteiger partial charge in [-0.05, 0) is 53.7 Å². The van der Waals surface area contributed by atoms with Crippen molar-refractivity contribution in [2.45, 2.75) is 62.9 Å². The van der Waals surface area contributed by atoms with Crippen LogP contribution in [0.3, 0.4) is 0 Å². The molecule has 24 heavy (non-hydrogen) atoms. The highest BCUT2D eigenvalue weighted by atomic mass is 32.2. The molecule has 0 aromatic heterocycles. The third-order valence-corrected chi connectivity index (χ3v) is 6.48. The molecule has 1 amide bonds. The second-order valence-electron chi connectivity index (χ2n) is 8.43. The molecule has 4 heteroatoms. The second kappa shape index (κ2) is 6.38. The number of thioether (sulfide) groups is 1. The summed E-state index contributed by atoms with van der Waals surface area (Å²) >= 11 is 1.88. The van der Waals surface area contributed by atoms with Crippen LogP contribution in [0, 0.1) is 0 Å².